The number of anilines is 1. The minimum Gasteiger partial charge on any atom is -0.312 e. The SMILES string of the molecule is C=CCC(=O)N1CCCC(N(C)C)c2ccccc21. The Hall–Kier alpha value is -1.61. The molecule has 1 aliphatic rings. The number of carbonyl (C=O) groups excluding carboxylic acids is 1. The number of nitrogens with zero attached hydrogens (tertiary/aromatic N) is 2. The molecule has 0 aliphatic carbocycles. The molecule has 0 saturated heterocycles. The quantitative estimate of drug-likeness (QED) is 0.778. The van der Waals surface area contributed by atoms with E-state index in [1.165, 1.54) is 5.56 Å². The Kier molecular flexibility index (Phi) is 4.38. The Labute approximate surface area is 115 Å². The van der Waals surface area contributed by atoms with E-state index in [0.717, 1.165) is 25.1 Å². The molecule has 3 heteroatoms. The largest absolute Gasteiger partial charge is 0.312 e. The second-order valence-corrected chi connectivity index (χ2v) is 5.22. The van der Waals surface area contributed by atoms with Crippen molar-refractivity contribution >= 4 is 11.6 Å². The normalized spacial score (nSPS) is 18.9. The number of amides is 1. The van der Waals surface area contributed by atoms with Crippen LogP contribution in [0.2, 0.25) is 0 Å². The summed E-state index contributed by atoms with van der Waals surface area (Å²) < 4.78 is 0. The molecule has 1 aliphatic heterocycles. The summed E-state index contributed by atoms with van der Waals surface area (Å²) in [5.41, 5.74) is 2.31. The predicted molar refractivity (Wildman–Crippen MR) is 79.3 cm³/mol. The maximum absolute atomic E-state index is 12.2. The number of hydrogen-bond donors (Lipinski definition) is 0. The van der Waals surface area contributed by atoms with Crippen LogP contribution in [-0.2, 0) is 4.79 Å². The third-order valence-electron chi connectivity index (χ3n) is 3.69. The molecule has 3 nitrogen and oxygen atoms in total. The molecule has 1 unspecified atom stereocenters. The summed E-state index contributed by atoms with van der Waals surface area (Å²) in [6.07, 6.45) is 4.20. The van der Waals surface area contributed by atoms with Gasteiger partial charge in [0.05, 0.1) is 0 Å². The Morgan fingerprint density at radius 3 is 2.89 bits per heavy atom. The molecule has 0 radical (unpaired) electrons. The fraction of sp³-hybridized carbons (Fsp3) is 0.438. The van der Waals surface area contributed by atoms with Gasteiger partial charge in [-0.25, -0.2) is 0 Å². The molecule has 1 heterocycles. The van der Waals surface area contributed by atoms with Gasteiger partial charge in [0, 0.05) is 24.7 Å². The Morgan fingerprint density at radius 2 is 2.21 bits per heavy atom. The van der Waals surface area contributed by atoms with Crippen molar-refractivity contribution in [1.29, 1.82) is 0 Å². The van der Waals surface area contributed by atoms with Gasteiger partial charge in [-0.1, -0.05) is 24.3 Å². The Bertz CT molecular complexity index is 468. The number of benzene rings is 1. The highest BCUT2D eigenvalue weighted by molar-refractivity contribution is 5.95. The van der Waals surface area contributed by atoms with Crippen molar-refractivity contribution in [2.45, 2.75) is 25.3 Å². The third kappa shape index (κ3) is 2.87. The van der Waals surface area contributed by atoms with Crippen LogP contribution in [0.4, 0.5) is 5.69 Å². The highest BCUT2D eigenvalue weighted by atomic mass is 16.2. The van der Waals surface area contributed by atoms with E-state index in [2.05, 4.69) is 43.8 Å². The van der Waals surface area contributed by atoms with Gasteiger partial charge in [0.2, 0.25) is 5.91 Å². The maximum atomic E-state index is 12.2. The number of fused-ring (bicyclic) bond motifs is 1. The molecule has 1 amide bonds. The lowest BCUT2D eigenvalue weighted by atomic mass is 10.0. The number of carbonyl (C=O) groups is 1. The zero-order chi connectivity index (χ0) is 13.8. The second-order valence-electron chi connectivity index (χ2n) is 5.22. The number of rotatable bonds is 3. The van der Waals surface area contributed by atoms with Gasteiger partial charge in [0.25, 0.3) is 0 Å². The van der Waals surface area contributed by atoms with Crippen LogP contribution in [0.1, 0.15) is 30.9 Å². The zero-order valence-electron chi connectivity index (χ0n) is 11.8. The molecular weight excluding hydrogens is 236 g/mol. The third-order valence-corrected chi connectivity index (χ3v) is 3.69. The van der Waals surface area contributed by atoms with Gasteiger partial charge < -0.3 is 9.80 Å². The van der Waals surface area contributed by atoms with E-state index in [0.29, 0.717) is 12.5 Å². The van der Waals surface area contributed by atoms with Crippen LogP contribution >= 0.6 is 0 Å². The fourth-order valence-corrected chi connectivity index (χ4v) is 2.76. The van der Waals surface area contributed by atoms with Gasteiger partial charge in [-0.05, 0) is 38.6 Å². The first-order valence-corrected chi connectivity index (χ1v) is 6.81. The molecular formula is C16H22N2O. The summed E-state index contributed by atoms with van der Waals surface area (Å²) >= 11 is 0. The Balaban J connectivity index is 2.41. The van der Waals surface area contributed by atoms with Gasteiger partial charge in [-0.3, -0.25) is 4.79 Å². The first kappa shape index (κ1) is 13.8. The molecule has 1 aromatic rings. The summed E-state index contributed by atoms with van der Waals surface area (Å²) in [4.78, 5) is 16.4. The first-order valence-electron chi connectivity index (χ1n) is 6.81. The van der Waals surface area contributed by atoms with Crippen LogP contribution in [0, 0.1) is 0 Å². The van der Waals surface area contributed by atoms with E-state index in [1.54, 1.807) is 6.08 Å². The zero-order valence-corrected chi connectivity index (χ0v) is 11.8. The Morgan fingerprint density at radius 1 is 1.47 bits per heavy atom. The summed E-state index contributed by atoms with van der Waals surface area (Å²) in [6, 6.07) is 8.64. The second kappa shape index (κ2) is 6.02. The molecule has 0 fully saturated rings. The minimum absolute atomic E-state index is 0.141. The lowest BCUT2D eigenvalue weighted by Crippen LogP contribution is -2.31. The van der Waals surface area contributed by atoms with E-state index in [9.17, 15) is 4.79 Å². The van der Waals surface area contributed by atoms with Crippen LogP contribution in [0.5, 0.6) is 0 Å². The monoisotopic (exact) mass is 258 g/mol. The fourth-order valence-electron chi connectivity index (χ4n) is 2.76. The number of para-hydroxylation sites is 1. The maximum Gasteiger partial charge on any atom is 0.230 e. The van der Waals surface area contributed by atoms with Crippen LogP contribution in [0.15, 0.2) is 36.9 Å². The van der Waals surface area contributed by atoms with E-state index in [1.807, 2.05) is 11.0 Å². The number of hydrogen-bond acceptors (Lipinski definition) is 2. The van der Waals surface area contributed by atoms with Crippen molar-refractivity contribution in [1.82, 2.24) is 4.90 Å². The van der Waals surface area contributed by atoms with Crippen LogP contribution in [-0.4, -0.2) is 31.4 Å². The van der Waals surface area contributed by atoms with Gasteiger partial charge in [0.1, 0.15) is 0 Å². The van der Waals surface area contributed by atoms with Crippen molar-refractivity contribution in [3.05, 3.63) is 42.5 Å². The molecule has 19 heavy (non-hydrogen) atoms. The van der Waals surface area contributed by atoms with Crippen LogP contribution in [0.25, 0.3) is 0 Å². The molecule has 0 spiro atoms. The minimum atomic E-state index is 0.141. The van der Waals surface area contributed by atoms with Crippen LogP contribution < -0.4 is 4.90 Å². The van der Waals surface area contributed by atoms with Gasteiger partial charge in [0.15, 0.2) is 0 Å². The van der Waals surface area contributed by atoms with Gasteiger partial charge in [-0.15, -0.1) is 6.58 Å². The van der Waals surface area contributed by atoms with E-state index in [-0.39, 0.29) is 5.91 Å². The molecule has 0 N–H and O–H groups in total. The molecule has 0 bridgehead atoms. The highest BCUT2D eigenvalue weighted by Gasteiger charge is 2.26. The van der Waals surface area contributed by atoms with Crippen molar-refractivity contribution in [3.8, 4) is 0 Å². The summed E-state index contributed by atoms with van der Waals surface area (Å²) in [5, 5.41) is 0. The first-order chi connectivity index (χ1) is 9.15. The lowest BCUT2D eigenvalue weighted by Gasteiger charge is -2.26. The topological polar surface area (TPSA) is 23.6 Å². The molecule has 2 rings (SSSR count). The van der Waals surface area contributed by atoms with Gasteiger partial charge in [-0.2, -0.15) is 0 Å². The summed E-state index contributed by atoms with van der Waals surface area (Å²) in [5.74, 6) is 0.141. The molecule has 1 atom stereocenters. The van der Waals surface area contributed by atoms with E-state index < -0.39 is 0 Å². The van der Waals surface area contributed by atoms with E-state index in [4.69, 9.17) is 0 Å². The molecule has 0 saturated carbocycles. The van der Waals surface area contributed by atoms with Crippen molar-refractivity contribution in [3.63, 3.8) is 0 Å². The smallest absolute Gasteiger partial charge is 0.230 e. The van der Waals surface area contributed by atoms with E-state index >= 15 is 0 Å². The van der Waals surface area contributed by atoms with Crippen molar-refractivity contribution in [2.75, 3.05) is 25.5 Å². The summed E-state index contributed by atoms with van der Waals surface area (Å²) in [6.45, 7) is 4.46. The lowest BCUT2D eigenvalue weighted by molar-refractivity contribution is -0.117. The molecule has 102 valence electrons. The average molecular weight is 258 g/mol. The summed E-state index contributed by atoms with van der Waals surface area (Å²) in [7, 11) is 4.20. The standard InChI is InChI=1S/C16H22N2O/c1-4-8-16(19)18-12-7-11-14(17(2)3)13-9-5-6-10-15(13)18/h4-6,9-10,14H,1,7-8,11-12H2,2-3H3. The highest BCUT2D eigenvalue weighted by Crippen LogP contribution is 2.35. The average Bonchev–Trinajstić information content (AvgIpc) is 2.58. The van der Waals surface area contributed by atoms with Crippen LogP contribution in [0.3, 0.4) is 0 Å². The van der Waals surface area contributed by atoms with Crippen molar-refractivity contribution < 1.29 is 4.79 Å². The molecule has 0 aromatic heterocycles. The van der Waals surface area contributed by atoms with Gasteiger partial charge >= 0.3 is 0 Å². The molecule has 1 aromatic carbocycles. The predicted octanol–water partition coefficient (Wildman–Crippen LogP) is 2.99. The van der Waals surface area contributed by atoms with Crippen molar-refractivity contribution in [2.24, 2.45) is 0 Å².